The first kappa shape index (κ1) is 22.1. The predicted octanol–water partition coefficient (Wildman–Crippen LogP) is 5.64. The van der Waals surface area contributed by atoms with Gasteiger partial charge in [0.2, 0.25) is 5.78 Å². The summed E-state index contributed by atoms with van der Waals surface area (Å²) in [6.07, 6.45) is 2.21. The van der Waals surface area contributed by atoms with Crippen LogP contribution in [0.15, 0.2) is 90.7 Å². The van der Waals surface area contributed by atoms with E-state index in [1.165, 1.54) is 0 Å². The third-order valence-electron chi connectivity index (χ3n) is 7.44. The molecule has 34 heavy (non-hydrogen) atoms. The van der Waals surface area contributed by atoms with E-state index in [0.717, 1.165) is 27.8 Å². The molecular formula is C30H29NO3. The van der Waals surface area contributed by atoms with Crippen molar-refractivity contribution in [3.8, 4) is 0 Å². The van der Waals surface area contributed by atoms with Crippen molar-refractivity contribution in [2.24, 2.45) is 5.41 Å². The summed E-state index contributed by atoms with van der Waals surface area (Å²) in [6.45, 7) is 5.99. The standard InChI is InChI=1S/C30H29NO3/c1-5-25-29(26(22-9-7-6-8-10-22)31(4)28(33)27(29)32)19-30(34-25,23-15-11-20(2)12-16-23)24-17-13-21(3)14-18-24/h5-18,26H,19H2,1-4H3/b25-5-/t26?,29-/m0/s1. The summed E-state index contributed by atoms with van der Waals surface area (Å²) < 4.78 is 6.87. The quantitative estimate of drug-likeness (QED) is 0.484. The third kappa shape index (κ3) is 3.05. The Bertz CT molecular complexity index is 1230. The number of likely N-dealkylation sites (N-methyl/N-ethyl adjacent to an activating group) is 1. The molecule has 4 heteroatoms. The first-order valence-corrected chi connectivity index (χ1v) is 11.7. The van der Waals surface area contributed by atoms with Gasteiger partial charge in [0.1, 0.15) is 11.2 Å². The van der Waals surface area contributed by atoms with Crippen molar-refractivity contribution in [1.29, 1.82) is 0 Å². The Hall–Kier alpha value is -3.66. The number of allylic oxidation sites excluding steroid dienone is 1. The maximum Gasteiger partial charge on any atom is 0.291 e. The van der Waals surface area contributed by atoms with E-state index in [2.05, 4.69) is 62.4 Å². The lowest BCUT2D eigenvalue weighted by Gasteiger charge is -2.33. The van der Waals surface area contributed by atoms with Crippen LogP contribution in [0.25, 0.3) is 0 Å². The topological polar surface area (TPSA) is 46.6 Å². The predicted molar refractivity (Wildman–Crippen MR) is 132 cm³/mol. The van der Waals surface area contributed by atoms with Gasteiger partial charge in [-0.05, 0) is 43.5 Å². The monoisotopic (exact) mass is 451 g/mol. The van der Waals surface area contributed by atoms with Gasteiger partial charge in [-0.2, -0.15) is 0 Å². The zero-order valence-corrected chi connectivity index (χ0v) is 20.0. The molecule has 0 aromatic heterocycles. The lowest BCUT2D eigenvalue weighted by Crippen LogP contribution is -2.36. The molecule has 0 bridgehead atoms. The van der Waals surface area contributed by atoms with E-state index in [4.69, 9.17) is 4.74 Å². The second-order valence-electron chi connectivity index (χ2n) is 9.52. The van der Waals surface area contributed by atoms with Crippen LogP contribution in [0.4, 0.5) is 0 Å². The molecule has 0 saturated carbocycles. The van der Waals surface area contributed by atoms with Crippen LogP contribution in [0.1, 0.15) is 47.2 Å². The molecule has 0 aliphatic carbocycles. The number of carbonyl (C=O) groups is 2. The van der Waals surface area contributed by atoms with Gasteiger partial charge in [-0.3, -0.25) is 9.59 Å². The second kappa shape index (κ2) is 7.98. The maximum absolute atomic E-state index is 13.8. The Morgan fingerprint density at radius 3 is 1.88 bits per heavy atom. The van der Waals surface area contributed by atoms with Crippen LogP contribution in [0, 0.1) is 19.3 Å². The van der Waals surface area contributed by atoms with Gasteiger partial charge in [0.05, 0.1) is 6.04 Å². The molecule has 1 unspecified atom stereocenters. The number of likely N-dealkylation sites (tertiary alicyclic amines) is 1. The Labute approximate surface area is 200 Å². The summed E-state index contributed by atoms with van der Waals surface area (Å²) in [5, 5.41) is 0. The summed E-state index contributed by atoms with van der Waals surface area (Å²) in [5.74, 6) is -0.316. The van der Waals surface area contributed by atoms with Gasteiger partial charge in [0, 0.05) is 13.5 Å². The van der Waals surface area contributed by atoms with Gasteiger partial charge < -0.3 is 9.64 Å². The summed E-state index contributed by atoms with van der Waals surface area (Å²) in [5.41, 5.74) is 3.16. The number of carbonyl (C=O) groups excluding carboxylic acids is 2. The second-order valence-corrected chi connectivity index (χ2v) is 9.52. The number of Topliss-reactive ketones (excluding diaryl/α,β-unsaturated/α-hetero) is 1. The molecule has 1 amide bonds. The van der Waals surface area contributed by atoms with Crippen molar-refractivity contribution in [1.82, 2.24) is 4.90 Å². The highest BCUT2D eigenvalue weighted by Gasteiger charge is 2.69. The van der Waals surface area contributed by atoms with Gasteiger partial charge in [0.15, 0.2) is 5.60 Å². The molecule has 0 N–H and O–H groups in total. The van der Waals surface area contributed by atoms with Crippen LogP contribution in [0.5, 0.6) is 0 Å². The van der Waals surface area contributed by atoms with Crippen molar-refractivity contribution in [3.05, 3.63) is 119 Å². The molecule has 5 rings (SSSR count). The smallest absolute Gasteiger partial charge is 0.291 e. The van der Waals surface area contributed by atoms with Crippen LogP contribution >= 0.6 is 0 Å². The van der Waals surface area contributed by atoms with E-state index in [-0.39, 0.29) is 0 Å². The molecule has 2 aliphatic rings. The number of hydrogen-bond acceptors (Lipinski definition) is 3. The van der Waals surface area contributed by atoms with Crippen molar-refractivity contribution >= 4 is 11.7 Å². The average Bonchev–Trinajstić information content (AvgIpc) is 3.29. The van der Waals surface area contributed by atoms with Gasteiger partial charge in [-0.15, -0.1) is 0 Å². The minimum Gasteiger partial charge on any atom is -0.481 e. The Morgan fingerprint density at radius 1 is 0.853 bits per heavy atom. The largest absolute Gasteiger partial charge is 0.481 e. The van der Waals surface area contributed by atoms with E-state index in [1.54, 1.807) is 11.9 Å². The number of aryl methyl sites for hydroxylation is 2. The van der Waals surface area contributed by atoms with E-state index in [0.29, 0.717) is 12.2 Å². The number of benzene rings is 3. The lowest BCUT2D eigenvalue weighted by molar-refractivity contribution is -0.141. The van der Waals surface area contributed by atoms with Crippen molar-refractivity contribution in [2.75, 3.05) is 7.05 Å². The highest BCUT2D eigenvalue weighted by Crippen LogP contribution is 2.63. The van der Waals surface area contributed by atoms with Gasteiger partial charge in [0.25, 0.3) is 5.91 Å². The molecule has 2 fully saturated rings. The molecule has 2 saturated heterocycles. The number of amides is 1. The van der Waals surface area contributed by atoms with Gasteiger partial charge >= 0.3 is 0 Å². The average molecular weight is 452 g/mol. The molecule has 2 heterocycles. The summed E-state index contributed by atoms with van der Waals surface area (Å²) >= 11 is 0. The van der Waals surface area contributed by atoms with E-state index < -0.39 is 28.7 Å². The van der Waals surface area contributed by atoms with Gasteiger partial charge in [-0.1, -0.05) is 90.0 Å². The highest BCUT2D eigenvalue weighted by molar-refractivity contribution is 6.41. The van der Waals surface area contributed by atoms with E-state index in [1.807, 2.05) is 43.3 Å². The normalized spacial score (nSPS) is 24.8. The minimum absolute atomic E-state index is 0.347. The summed E-state index contributed by atoms with van der Waals surface area (Å²) in [4.78, 5) is 28.6. The van der Waals surface area contributed by atoms with Crippen molar-refractivity contribution in [3.63, 3.8) is 0 Å². The molecule has 3 aromatic rings. The van der Waals surface area contributed by atoms with E-state index >= 15 is 0 Å². The molecule has 2 atom stereocenters. The van der Waals surface area contributed by atoms with Crippen molar-refractivity contribution < 1.29 is 14.3 Å². The molecule has 0 radical (unpaired) electrons. The molecule has 172 valence electrons. The molecular weight excluding hydrogens is 422 g/mol. The zero-order valence-electron chi connectivity index (χ0n) is 20.0. The lowest BCUT2D eigenvalue weighted by atomic mass is 9.67. The number of hydrogen-bond donors (Lipinski definition) is 0. The summed E-state index contributed by atoms with van der Waals surface area (Å²) in [6, 6.07) is 25.9. The van der Waals surface area contributed by atoms with Crippen LogP contribution < -0.4 is 0 Å². The number of nitrogens with zero attached hydrogens (tertiary/aromatic N) is 1. The first-order chi connectivity index (χ1) is 16.3. The molecule has 4 nitrogen and oxygen atoms in total. The number of ketones is 1. The van der Waals surface area contributed by atoms with Crippen LogP contribution in [0.3, 0.4) is 0 Å². The Morgan fingerprint density at radius 2 is 1.38 bits per heavy atom. The Kier molecular flexibility index (Phi) is 5.20. The minimum atomic E-state index is -1.11. The van der Waals surface area contributed by atoms with Crippen LogP contribution in [-0.4, -0.2) is 23.6 Å². The highest BCUT2D eigenvalue weighted by atomic mass is 16.5. The Balaban J connectivity index is 1.77. The fraction of sp³-hybridized carbons (Fsp3) is 0.267. The molecule has 1 spiro atoms. The van der Waals surface area contributed by atoms with Crippen LogP contribution in [0.2, 0.25) is 0 Å². The first-order valence-electron chi connectivity index (χ1n) is 11.7. The fourth-order valence-corrected chi connectivity index (χ4v) is 5.74. The molecule has 3 aromatic carbocycles. The zero-order chi connectivity index (χ0) is 24.1. The van der Waals surface area contributed by atoms with E-state index in [9.17, 15) is 9.59 Å². The van der Waals surface area contributed by atoms with Gasteiger partial charge in [-0.25, -0.2) is 0 Å². The fourth-order valence-electron chi connectivity index (χ4n) is 5.74. The van der Waals surface area contributed by atoms with Crippen molar-refractivity contribution in [2.45, 2.75) is 38.8 Å². The SMILES string of the molecule is C/C=C1\OC(c2ccc(C)cc2)(c2ccc(C)cc2)C[C@]12C(=O)C(=O)N(C)C2c1ccccc1. The maximum atomic E-state index is 13.8. The third-order valence-corrected chi connectivity index (χ3v) is 7.44. The van der Waals surface area contributed by atoms with Crippen LogP contribution in [-0.2, 0) is 19.9 Å². The molecule has 2 aliphatic heterocycles. The number of rotatable bonds is 3. The summed E-state index contributed by atoms with van der Waals surface area (Å²) in [7, 11) is 1.72. The number of ether oxygens (including phenoxy) is 1.